The van der Waals surface area contributed by atoms with Crippen LogP contribution in [0, 0.1) is 0 Å². The molecule has 8 heavy (non-hydrogen) atoms. The molecule has 0 aliphatic heterocycles. The molecule has 1 aromatic rings. The third-order valence-electron chi connectivity index (χ3n) is 0.818. The molecule has 0 heterocycles. The molecular weight excluding hydrogens is 283 g/mol. The molecule has 0 saturated carbocycles. The molecule has 0 bridgehead atoms. The topological polar surface area (TPSA) is 9.23 Å². The molecule has 0 radical (unpaired) electrons. The van der Waals surface area contributed by atoms with Crippen molar-refractivity contribution in [3.05, 3.63) is 30.3 Å². The Labute approximate surface area is 60.0 Å². The van der Waals surface area contributed by atoms with Crippen LogP contribution in [0.4, 0.5) is 0 Å². The van der Waals surface area contributed by atoms with E-state index in [4.69, 9.17) is 3.39 Å². The molecule has 0 unspecified atom stereocenters. The molecule has 0 amide bonds. The minimum absolute atomic E-state index is 0.897. The summed E-state index contributed by atoms with van der Waals surface area (Å²) in [5.41, 5.74) is 0. The first-order valence-electron chi connectivity index (χ1n) is 2.24. The monoisotopic (exact) mass is 288 g/mol. The van der Waals surface area contributed by atoms with Gasteiger partial charge in [-0.25, -0.2) is 0 Å². The number of benzene rings is 1. The summed E-state index contributed by atoms with van der Waals surface area (Å²) in [6, 6.07) is 9.65. The van der Waals surface area contributed by atoms with Crippen molar-refractivity contribution >= 4 is 0 Å². The van der Waals surface area contributed by atoms with E-state index in [1.807, 2.05) is 50.5 Å². The summed E-state index contributed by atoms with van der Waals surface area (Å²) in [6.07, 6.45) is 0. The van der Waals surface area contributed by atoms with Gasteiger partial charge in [-0.1, -0.05) is 0 Å². The quantitative estimate of drug-likeness (QED) is 0.761. The molecule has 0 aliphatic rings. The van der Waals surface area contributed by atoms with Crippen molar-refractivity contribution in [2.75, 3.05) is 0 Å². The first-order chi connectivity index (χ1) is 3.93. The van der Waals surface area contributed by atoms with Crippen molar-refractivity contribution in [2.45, 2.75) is 0 Å². The Morgan fingerprint density at radius 2 is 1.75 bits per heavy atom. The zero-order valence-corrected chi connectivity index (χ0v) is 6.38. The van der Waals surface area contributed by atoms with Crippen LogP contribution in [0.1, 0.15) is 0 Å². The van der Waals surface area contributed by atoms with E-state index in [1.54, 1.807) is 0 Å². The summed E-state index contributed by atoms with van der Waals surface area (Å²) in [6.45, 7) is 0. The Hall–Kier alpha value is -0.292. The SMILES string of the molecule is [Pt+][O]c1ccccc1. The fourth-order valence-corrected chi connectivity index (χ4v) is 0.773. The average molecular weight is 288 g/mol. The molecule has 1 nitrogen and oxygen atoms in total. The molecule has 1 rings (SSSR count). The average Bonchev–Trinajstić information content (AvgIpc) is 1.90. The van der Waals surface area contributed by atoms with Gasteiger partial charge in [0.15, 0.2) is 0 Å². The Morgan fingerprint density at radius 3 is 2.12 bits per heavy atom. The number of para-hydroxylation sites is 1. The van der Waals surface area contributed by atoms with E-state index in [0.29, 0.717) is 0 Å². The zero-order valence-electron chi connectivity index (χ0n) is 4.11. The van der Waals surface area contributed by atoms with Crippen LogP contribution in [-0.4, -0.2) is 0 Å². The predicted molar refractivity (Wildman–Crippen MR) is 27.1 cm³/mol. The van der Waals surface area contributed by atoms with E-state index in [2.05, 4.69) is 0 Å². The Balaban J connectivity index is 2.83. The van der Waals surface area contributed by atoms with Crippen molar-refractivity contribution in [1.29, 1.82) is 0 Å². The van der Waals surface area contributed by atoms with Crippen molar-refractivity contribution < 1.29 is 23.6 Å². The van der Waals surface area contributed by atoms with E-state index in [9.17, 15) is 0 Å². The van der Waals surface area contributed by atoms with Crippen LogP contribution in [0.25, 0.3) is 0 Å². The summed E-state index contributed by atoms with van der Waals surface area (Å²) >= 11 is 1.84. The van der Waals surface area contributed by atoms with Crippen molar-refractivity contribution in [3.8, 4) is 5.75 Å². The minimum atomic E-state index is 0.897. The molecule has 0 aliphatic carbocycles. The summed E-state index contributed by atoms with van der Waals surface area (Å²) in [4.78, 5) is 0. The van der Waals surface area contributed by atoms with Crippen molar-refractivity contribution in [2.24, 2.45) is 0 Å². The summed E-state index contributed by atoms with van der Waals surface area (Å²) in [7, 11) is 0. The predicted octanol–water partition coefficient (Wildman–Crippen LogP) is 1.53. The van der Waals surface area contributed by atoms with Gasteiger partial charge in [0.1, 0.15) is 0 Å². The second-order valence-corrected chi connectivity index (χ2v) is 1.84. The normalized spacial score (nSPS) is 8.75. The van der Waals surface area contributed by atoms with Gasteiger partial charge in [0.25, 0.3) is 0 Å². The van der Waals surface area contributed by atoms with E-state index < -0.39 is 0 Å². The van der Waals surface area contributed by atoms with Crippen LogP contribution >= 0.6 is 0 Å². The molecule has 1 aromatic carbocycles. The fourth-order valence-electron chi connectivity index (χ4n) is 0.464. The molecule has 0 saturated heterocycles. The second kappa shape index (κ2) is 2.88. The Kier molecular flexibility index (Phi) is 2.10. The molecule has 2 heteroatoms. The van der Waals surface area contributed by atoms with Gasteiger partial charge in [0.05, 0.1) is 0 Å². The Morgan fingerprint density at radius 1 is 1.12 bits per heavy atom. The standard InChI is InChI=1S/C6H6O.Pt/c7-6-4-2-1-3-5-6;/h1-5,7H;/q;+2/p-1. The second-order valence-electron chi connectivity index (χ2n) is 1.38. The summed E-state index contributed by atoms with van der Waals surface area (Å²) in [5, 5.41) is 0. The van der Waals surface area contributed by atoms with Gasteiger partial charge < -0.3 is 0 Å². The molecule has 0 spiro atoms. The first-order valence-corrected chi connectivity index (χ1v) is 3.17. The third-order valence-corrected chi connectivity index (χ3v) is 1.35. The van der Waals surface area contributed by atoms with Crippen LogP contribution in [-0.2, 0) is 20.2 Å². The fraction of sp³-hybridized carbons (Fsp3) is 0. The number of hydrogen-bond donors (Lipinski definition) is 0. The third kappa shape index (κ3) is 1.34. The van der Waals surface area contributed by atoms with Crippen LogP contribution in [0.5, 0.6) is 5.75 Å². The van der Waals surface area contributed by atoms with Gasteiger partial charge in [0.2, 0.25) is 0 Å². The molecular formula is C6H5OPt+. The zero-order chi connectivity index (χ0) is 5.82. The van der Waals surface area contributed by atoms with Gasteiger partial charge in [-0.05, 0) is 0 Å². The van der Waals surface area contributed by atoms with Gasteiger partial charge in [-0.2, -0.15) is 0 Å². The maximum absolute atomic E-state index is 4.89. The van der Waals surface area contributed by atoms with E-state index in [1.165, 1.54) is 0 Å². The number of hydrogen-bond acceptors (Lipinski definition) is 1. The van der Waals surface area contributed by atoms with Crippen LogP contribution in [0.15, 0.2) is 30.3 Å². The molecule has 44 valence electrons. The van der Waals surface area contributed by atoms with Crippen LogP contribution < -0.4 is 3.39 Å². The Bertz CT molecular complexity index is 150. The van der Waals surface area contributed by atoms with Gasteiger partial charge in [-0.15, -0.1) is 0 Å². The van der Waals surface area contributed by atoms with E-state index in [0.717, 1.165) is 5.75 Å². The summed E-state index contributed by atoms with van der Waals surface area (Å²) < 4.78 is 4.89. The first kappa shape index (κ1) is 5.84. The molecule has 0 N–H and O–H groups in total. The van der Waals surface area contributed by atoms with Crippen molar-refractivity contribution in [3.63, 3.8) is 0 Å². The van der Waals surface area contributed by atoms with Gasteiger partial charge >= 0.3 is 59.7 Å². The number of rotatable bonds is 1. The van der Waals surface area contributed by atoms with Crippen LogP contribution in [0.3, 0.4) is 0 Å². The van der Waals surface area contributed by atoms with Gasteiger partial charge in [0, 0.05) is 0 Å². The van der Waals surface area contributed by atoms with E-state index in [-0.39, 0.29) is 0 Å². The van der Waals surface area contributed by atoms with Crippen molar-refractivity contribution in [1.82, 2.24) is 0 Å². The van der Waals surface area contributed by atoms with E-state index >= 15 is 0 Å². The van der Waals surface area contributed by atoms with Gasteiger partial charge in [-0.3, -0.25) is 0 Å². The molecule has 0 fully saturated rings. The molecule has 0 aromatic heterocycles. The molecule has 0 atom stereocenters. The summed E-state index contributed by atoms with van der Waals surface area (Å²) in [5.74, 6) is 0.897. The maximum atomic E-state index is 4.89. The van der Waals surface area contributed by atoms with Crippen LogP contribution in [0.2, 0.25) is 0 Å².